The maximum atomic E-state index is 13.2. The van der Waals surface area contributed by atoms with Gasteiger partial charge in [0.25, 0.3) is 5.91 Å². The summed E-state index contributed by atoms with van der Waals surface area (Å²) < 4.78 is 20.0. The van der Waals surface area contributed by atoms with Crippen molar-refractivity contribution in [1.82, 2.24) is 14.5 Å². The number of ether oxygens (including phenoxy) is 3. The molecule has 0 spiro atoms. The fourth-order valence-corrected chi connectivity index (χ4v) is 4.13. The molecule has 1 aromatic heterocycles. The zero-order chi connectivity index (χ0) is 20.4. The highest BCUT2D eigenvalue weighted by Crippen LogP contribution is 2.34. The molecule has 1 amide bonds. The van der Waals surface area contributed by atoms with Crippen molar-refractivity contribution < 1.29 is 19.0 Å². The van der Waals surface area contributed by atoms with Crippen molar-refractivity contribution in [3.63, 3.8) is 0 Å². The highest BCUT2D eigenvalue weighted by Gasteiger charge is 2.27. The normalized spacial score (nSPS) is 13.0. The molecule has 0 N–H and O–H groups in total. The van der Waals surface area contributed by atoms with Gasteiger partial charge < -0.3 is 19.1 Å². The summed E-state index contributed by atoms with van der Waals surface area (Å²) >= 11 is 1.12. The summed E-state index contributed by atoms with van der Waals surface area (Å²) in [5, 5.41) is 4.20. The Morgan fingerprint density at radius 1 is 1.00 bits per heavy atom. The van der Waals surface area contributed by atoms with Crippen molar-refractivity contribution in [1.29, 1.82) is 0 Å². The van der Waals surface area contributed by atoms with Crippen LogP contribution >= 0.6 is 11.5 Å². The maximum absolute atomic E-state index is 13.2. The molecule has 0 aliphatic carbocycles. The molecule has 2 aromatic carbocycles. The van der Waals surface area contributed by atoms with Crippen LogP contribution in [0.2, 0.25) is 0 Å². The molecule has 0 unspecified atom stereocenters. The molecule has 3 aromatic rings. The van der Waals surface area contributed by atoms with E-state index < -0.39 is 0 Å². The van der Waals surface area contributed by atoms with Gasteiger partial charge in [-0.25, -0.2) is 0 Å². The number of hydrogen-bond acceptors (Lipinski definition) is 7. The second-order valence-electron chi connectivity index (χ2n) is 6.63. The quantitative estimate of drug-likeness (QED) is 0.640. The molecule has 0 bridgehead atoms. The van der Waals surface area contributed by atoms with Crippen molar-refractivity contribution in [2.45, 2.75) is 13.0 Å². The minimum Gasteiger partial charge on any atom is -0.497 e. The third-order valence-electron chi connectivity index (χ3n) is 5.05. The van der Waals surface area contributed by atoms with E-state index in [-0.39, 0.29) is 5.91 Å². The Balaban J connectivity index is 1.60. The molecule has 2 heterocycles. The zero-order valence-electron chi connectivity index (χ0n) is 16.5. The number of benzene rings is 2. The standard InChI is InChI=1S/C21H21N3O4S/c1-26-16-6-4-13(5-7-16)19-20(29-23-22-19)21(25)24-9-8-14-10-17(27-2)18(28-3)11-15(14)12-24/h4-7,10-11H,8-9,12H2,1-3H3. The van der Waals surface area contributed by atoms with Gasteiger partial charge in [0, 0.05) is 18.7 Å². The van der Waals surface area contributed by atoms with Crippen LogP contribution in [0.1, 0.15) is 20.8 Å². The van der Waals surface area contributed by atoms with Crippen molar-refractivity contribution in [2.75, 3.05) is 27.9 Å². The van der Waals surface area contributed by atoms with Crippen LogP contribution in [-0.2, 0) is 13.0 Å². The first-order valence-corrected chi connectivity index (χ1v) is 9.91. The Morgan fingerprint density at radius 2 is 1.69 bits per heavy atom. The summed E-state index contributed by atoms with van der Waals surface area (Å²) in [5.74, 6) is 2.06. The van der Waals surface area contributed by atoms with Gasteiger partial charge in [-0.1, -0.05) is 4.49 Å². The van der Waals surface area contributed by atoms with Crippen molar-refractivity contribution in [2.24, 2.45) is 0 Å². The highest BCUT2D eigenvalue weighted by atomic mass is 32.1. The van der Waals surface area contributed by atoms with E-state index in [9.17, 15) is 4.79 Å². The largest absolute Gasteiger partial charge is 0.497 e. The van der Waals surface area contributed by atoms with E-state index in [1.54, 1.807) is 21.3 Å². The van der Waals surface area contributed by atoms with E-state index in [1.807, 2.05) is 41.3 Å². The minimum absolute atomic E-state index is 0.0637. The molecule has 8 heteroatoms. The molecule has 7 nitrogen and oxygen atoms in total. The number of aromatic nitrogens is 2. The first kappa shape index (κ1) is 19.2. The number of nitrogens with zero attached hydrogens (tertiary/aromatic N) is 3. The van der Waals surface area contributed by atoms with Gasteiger partial charge in [-0.05, 0) is 65.5 Å². The van der Waals surface area contributed by atoms with Crippen LogP contribution in [-0.4, -0.2) is 48.3 Å². The molecule has 1 aliphatic heterocycles. The molecule has 1 aliphatic rings. The predicted octanol–water partition coefficient (Wildman–Crippen LogP) is 3.43. The Hall–Kier alpha value is -3.13. The monoisotopic (exact) mass is 411 g/mol. The van der Waals surface area contributed by atoms with E-state index in [1.165, 1.54) is 5.56 Å². The van der Waals surface area contributed by atoms with Crippen molar-refractivity contribution >= 4 is 17.4 Å². The average molecular weight is 411 g/mol. The van der Waals surface area contributed by atoms with Gasteiger partial charge in [0.1, 0.15) is 16.3 Å². The summed E-state index contributed by atoms with van der Waals surface area (Å²) in [6, 6.07) is 11.4. The minimum atomic E-state index is -0.0637. The van der Waals surface area contributed by atoms with Gasteiger partial charge in [0.15, 0.2) is 11.5 Å². The van der Waals surface area contributed by atoms with Gasteiger partial charge >= 0.3 is 0 Å². The topological polar surface area (TPSA) is 73.8 Å². The third-order valence-corrected chi connectivity index (χ3v) is 5.76. The number of fused-ring (bicyclic) bond motifs is 1. The fraction of sp³-hybridized carbons (Fsp3) is 0.286. The summed E-state index contributed by atoms with van der Waals surface area (Å²) in [7, 11) is 4.85. The Labute approximate surface area is 173 Å². The molecule has 0 fully saturated rings. The van der Waals surface area contributed by atoms with Crippen molar-refractivity contribution in [3.8, 4) is 28.5 Å². The second-order valence-corrected chi connectivity index (χ2v) is 7.39. The summed E-state index contributed by atoms with van der Waals surface area (Å²) in [5.41, 5.74) is 3.67. The molecule has 4 rings (SSSR count). The first-order valence-electron chi connectivity index (χ1n) is 9.14. The van der Waals surface area contributed by atoms with Crippen molar-refractivity contribution in [3.05, 3.63) is 52.4 Å². The molecule has 0 saturated heterocycles. The van der Waals surface area contributed by atoms with E-state index in [4.69, 9.17) is 14.2 Å². The smallest absolute Gasteiger partial charge is 0.268 e. The molecule has 0 saturated carbocycles. The molecular weight excluding hydrogens is 390 g/mol. The zero-order valence-corrected chi connectivity index (χ0v) is 17.3. The molecular formula is C21H21N3O4S. The first-order chi connectivity index (χ1) is 14.1. The maximum Gasteiger partial charge on any atom is 0.268 e. The van der Waals surface area contributed by atoms with Gasteiger partial charge in [0.2, 0.25) is 0 Å². The Morgan fingerprint density at radius 3 is 2.34 bits per heavy atom. The van der Waals surface area contributed by atoms with E-state index in [2.05, 4.69) is 9.59 Å². The van der Waals surface area contributed by atoms with Gasteiger partial charge in [-0.3, -0.25) is 4.79 Å². The summed E-state index contributed by atoms with van der Waals surface area (Å²) in [4.78, 5) is 15.6. The van der Waals surface area contributed by atoms with E-state index in [0.29, 0.717) is 35.2 Å². The molecule has 29 heavy (non-hydrogen) atoms. The number of carbonyl (C=O) groups excluding carboxylic acids is 1. The SMILES string of the molecule is COc1ccc(-c2nnsc2C(=O)N2CCc3cc(OC)c(OC)cc3C2)cc1. The number of rotatable bonds is 5. The lowest BCUT2D eigenvalue weighted by Crippen LogP contribution is -2.35. The molecule has 0 atom stereocenters. The lowest BCUT2D eigenvalue weighted by Gasteiger charge is -2.29. The third kappa shape index (κ3) is 3.63. The van der Waals surface area contributed by atoms with Crippen LogP contribution in [0.4, 0.5) is 0 Å². The number of hydrogen-bond donors (Lipinski definition) is 0. The van der Waals surface area contributed by atoms with E-state index >= 15 is 0 Å². The predicted molar refractivity (Wildman–Crippen MR) is 110 cm³/mol. The number of amides is 1. The average Bonchev–Trinajstić information content (AvgIpc) is 3.27. The second kappa shape index (κ2) is 8.08. The van der Waals surface area contributed by atoms with Crippen LogP contribution in [0.3, 0.4) is 0 Å². The molecule has 0 radical (unpaired) electrons. The van der Waals surface area contributed by atoms with Gasteiger partial charge in [-0.2, -0.15) is 0 Å². The van der Waals surface area contributed by atoms with Gasteiger partial charge in [-0.15, -0.1) is 5.10 Å². The van der Waals surface area contributed by atoms with Crippen LogP contribution < -0.4 is 14.2 Å². The molecule has 150 valence electrons. The lowest BCUT2D eigenvalue weighted by atomic mass is 9.98. The number of methoxy groups -OCH3 is 3. The highest BCUT2D eigenvalue weighted by molar-refractivity contribution is 7.08. The summed E-state index contributed by atoms with van der Waals surface area (Å²) in [6.07, 6.45) is 0.755. The Bertz CT molecular complexity index is 1030. The lowest BCUT2D eigenvalue weighted by molar-refractivity contribution is 0.0740. The Kier molecular flexibility index (Phi) is 5.35. The van der Waals surface area contributed by atoms with Crippen LogP contribution in [0, 0.1) is 0 Å². The van der Waals surface area contributed by atoms with Crippen LogP contribution in [0.5, 0.6) is 17.2 Å². The van der Waals surface area contributed by atoms with Crippen LogP contribution in [0.15, 0.2) is 36.4 Å². The summed E-state index contributed by atoms with van der Waals surface area (Å²) in [6.45, 7) is 1.13. The number of carbonyl (C=O) groups is 1. The fourth-order valence-electron chi connectivity index (χ4n) is 3.47. The van der Waals surface area contributed by atoms with Gasteiger partial charge in [0.05, 0.1) is 21.3 Å². The van der Waals surface area contributed by atoms with E-state index in [0.717, 1.165) is 34.8 Å². The van der Waals surface area contributed by atoms with Crippen LogP contribution in [0.25, 0.3) is 11.3 Å².